The van der Waals surface area contributed by atoms with Gasteiger partial charge in [-0.2, -0.15) is 0 Å². The largest absolute Gasteiger partial charge is 0.490 e. The summed E-state index contributed by atoms with van der Waals surface area (Å²) in [7, 11) is 3.31. The minimum Gasteiger partial charge on any atom is -0.490 e. The first-order valence-electron chi connectivity index (χ1n) is 8.41. The highest BCUT2D eigenvalue weighted by Gasteiger charge is 2.15. The van der Waals surface area contributed by atoms with Crippen LogP contribution >= 0.6 is 22.7 Å². The molecule has 2 aromatic heterocycles. The molecule has 0 radical (unpaired) electrons. The molecule has 0 N–H and O–H groups in total. The predicted octanol–water partition coefficient (Wildman–Crippen LogP) is 3.56. The molecule has 6 nitrogen and oxygen atoms in total. The first-order valence-corrected chi connectivity index (χ1v) is 10.2. The average molecular weight is 403 g/mol. The molecule has 26 heavy (non-hydrogen) atoms. The summed E-state index contributed by atoms with van der Waals surface area (Å²) in [5.41, 5.74) is 0. The van der Waals surface area contributed by atoms with Crippen molar-refractivity contribution >= 4 is 22.7 Å². The van der Waals surface area contributed by atoms with Crippen LogP contribution in [0.5, 0.6) is 11.5 Å². The lowest BCUT2D eigenvalue weighted by Crippen LogP contribution is -2.10. The molecule has 0 fully saturated rings. The summed E-state index contributed by atoms with van der Waals surface area (Å²) in [4.78, 5) is 2.15. The Morgan fingerprint density at radius 2 is 1.04 bits per heavy atom. The molecule has 2 rings (SSSR count). The van der Waals surface area contributed by atoms with Crippen molar-refractivity contribution in [2.75, 3.05) is 67.1 Å². The maximum absolute atomic E-state index is 5.86. The molecule has 0 aliphatic carbocycles. The first-order chi connectivity index (χ1) is 12.9. The quantitative estimate of drug-likeness (QED) is 0.425. The van der Waals surface area contributed by atoms with Crippen LogP contribution in [0.4, 0.5) is 0 Å². The van der Waals surface area contributed by atoms with Crippen LogP contribution < -0.4 is 9.47 Å². The molecule has 0 spiro atoms. The van der Waals surface area contributed by atoms with Gasteiger partial charge in [0, 0.05) is 14.2 Å². The van der Waals surface area contributed by atoms with Crippen molar-refractivity contribution in [1.29, 1.82) is 0 Å². The highest BCUT2D eigenvalue weighted by atomic mass is 32.1. The molecule has 0 aromatic carbocycles. The summed E-state index contributed by atoms with van der Waals surface area (Å²) in [6.45, 7) is 4.40. The number of thiophene rings is 2. The monoisotopic (exact) mass is 402 g/mol. The molecule has 8 heteroatoms. The van der Waals surface area contributed by atoms with Gasteiger partial charge in [-0.15, -0.1) is 22.7 Å². The van der Waals surface area contributed by atoms with Crippen LogP contribution in [0.1, 0.15) is 0 Å². The normalized spacial score (nSPS) is 11.0. The van der Waals surface area contributed by atoms with Crippen LogP contribution in [0.2, 0.25) is 0 Å². The predicted molar refractivity (Wildman–Crippen MR) is 104 cm³/mol. The Bertz CT molecular complexity index is 546. The molecule has 0 atom stereocenters. The van der Waals surface area contributed by atoms with Crippen LogP contribution in [0.25, 0.3) is 9.75 Å². The van der Waals surface area contributed by atoms with Gasteiger partial charge in [0.05, 0.1) is 49.4 Å². The van der Waals surface area contributed by atoms with E-state index in [1.807, 2.05) is 22.9 Å². The van der Waals surface area contributed by atoms with Crippen molar-refractivity contribution < 1.29 is 28.4 Å². The second-order valence-corrected chi connectivity index (χ2v) is 6.97. The molecule has 0 saturated heterocycles. The Morgan fingerprint density at radius 1 is 0.615 bits per heavy atom. The van der Waals surface area contributed by atoms with Gasteiger partial charge in [-0.3, -0.25) is 0 Å². The first kappa shape index (κ1) is 21.1. The molecule has 2 aromatic rings. The van der Waals surface area contributed by atoms with Crippen molar-refractivity contribution in [3.8, 4) is 21.3 Å². The zero-order chi connectivity index (χ0) is 18.5. The summed E-state index contributed by atoms with van der Waals surface area (Å²) in [6.07, 6.45) is 0. The van der Waals surface area contributed by atoms with E-state index < -0.39 is 0 Å². The van der Waals surface area contributed by atoms with Crippen molar-refractivity contribution in [2.24, 2.45) is 0 Å². The number of ether oxygens (including phenoxy) is 6. The zero-order valence-electron chi connectivity index (χ0n) is 15.2. The van der Waals surface area contributed by atoms with Gasteiger partial charge in [0.15, 0.2) is 0 Å². The maximum atomic E-state index is 5.86. The average Bonchev–Trinajstić information content (AvgIpc) is 3.29. The highest BCUT2D eigenvalue weighted by Crippen LogP contribution is 2.44. The Balaban J connectivity index is 1.80. The van der Waals surface area contributed by atoms with Crippen molar-refractivity contribution in [2.45, 2.75) is 0 Å². The SMILES string of the molecule is COCCOCCOc1ccsc1-c1sccc1OCCOCCOC. The summed E-state index contributed by atoms with van der Waals surface area (Å²) in [6, 6.07) is 3.96. The summed E-state index contributed by atoms with van der Waals surface area (Å²) in [5.74, 6) is 1.71. The van der Waals surface area contributed by atoms with Gasteiger partial charge in [-0.05, 0) is 22.9 Å². The third-order valence-electron chi connectivity index (χ3n) is 3.30. The molecule has 0 aliphatic heterocycles. The van der Waals surface area contributed by atoms with Crippen molar-refractivity contribution in [1.82, 2.24) is 0 Å². The molecule has 2 heterocycles. The van der Waals surface area contributed by atoms with Gasteiger partial charge in [0.25, 0.3) is 0 Å². The van der Waals surface area contributed by atoms with Crippen LogP contribution in [0, 0.1) is 0 Å². The van der Waals surface area contributed by atoms with E-state index in [-0.39, 0.29) is 0 Å². The molecule has 0 saturated carbocycles. The van der Waals surface area contributed by atoms with Crippen LogP contribution in [-0.2, 0) is 18.9 Å². The van der Waals surface area contributed by atoms with E-state index in [4.69, 9.17) is 28.4 Å². The third-order valence-corrected chi connectivity index (χ3v) is 5.25. The number of methoxy groups -OCH3 is 2. The van der Waals surface area contributed by atoms with Crippen LogP contribution in [0.3, 0.4) is 0 Å². The number of hydrogen-bond acceptors (Lipinski definition) is 8. The van der Waals surface area contributed by atoms with Gasteiger partial charge in [-0.1, -0.05) is 0 Å². The van der Waals surface area contributed by atoms with Crippen LogP contribution in [-0.4, -0.2) is 67.1 Å². The molecule has 146 valence electrons. The molecule has 0 aliphatic rings. The standard InChI is InChI=1S/C18H26O6S2/c1-19-5-7-21-9-11-23-15-3-13-25-17(15)18-16(4-14-26-18)24-12-10-22-8-6-20-2/h3-4,13-14H,5-12H2,1-2H3. The zero-order valence-corrected chi connectivity index (χ0v) is 16.9. The Morgan fingerprint density at radius 3 is 1.46 bits per heavy atom. The summed E-state index contributed by atoms with van der Waals surface area (Å²) in [5, 5.41) is 4.04. The van der Waals surface area contributed by atoms with Gasteiger partial charge in [0.2, 0.25) is 0 Å². The lowest BCUT2D eigenvalue weighted by atomic mass is 10.3. The van der Waals surface area contributed by atoms with E-state index in [1.54, 1.807) is 36.9 Å². The number of rotatable bonds is 15. The maximum Gasteiger partial charge on any atom is 0.138 e. The minimum absolute atomic E-state index is 0.502. The van der Waals surface area contributed by atoms with Gasteiger partial charge >= 0.3 is 0 Å². The van der Waals surface area contributed by atoms with E-state index in [0.717, 1.165) is 21.3 Å². The topological polar surface area (TPSA) is 55.4 Å². The van der Waals surface area contributed by atoms with E-state index in [0.29, 0.717) is 52.9 Å². The lowest BCUT2D eigenvalue weighted by Gasteiger charge is -2.10. The molecular weight excluding hydrogens is 376 g/mol. The fourth-order valence-electron chi connectivity index (χ4n) is 2.06. The third kappa shape index (κ3) is 7.22. The Labute approximate surface area is 162 Å². The molecule has 0 amide bonds. The van der Waals surface area contributed by atoms with E-state index in [9.17, 15) is 0 Å². The van der Waals surface area contributed by atoms with Crippen molar-refractivity contribution in [3.05, 3.63) is 22.9 Å². The second kappa shape index (κ2) is 13.1. The van der Waals surface area contributed by atoms with E-state index in [1.165, 1.54) is 0 Å². The lowest BCUT2D eigenvalue weighted by molar-refractivity contribution is 0.0543. The fraction of sp³-hybridized carbons (Fsp3) is 0.556. The second-order valence-electron chi connectivity index (χ2n) is 5.14. The molecule has 0 unspecified atom stereocenters. The molecular formula is C18H26O6S2. The van der Waals surface area contributed by atoms with E-state index >= 15 is 0 Å². The Kier molecular flexibility index (Phi) is 10.6. The van der Waals surface area contributed by atoms with Crippen molar-refractivity contribution in [3.63, 3.8) is 0 Å². The summed E-state index contributed by atoms with van der Waals surface area (Å²) >= 11 is 3.28. The smallest absolute Gasteiger partial charge is 0.138 e. The van der Waals surface area contributed by atoms with Gasteiger partial charge < -0.3 is 28.4 Å². The minimum atomic E-state index is 0.502. The number of hydrogen-bond donors (Lipinski definition) is 0. The Hall–Kier alpha value is -1.16. The highest BCUT2D eigenvalue weighted by molar-refractivity contribution is 7.21. The fourth-order valence-corrected chi connectivity index (χ4v) is 3.91. The van der Waals surface area contributed by atoms with Gasteiger partial charge in [0.1, 0.15) is 24.7 Å². The molecule has 0 bridgehead atoms. The summed E-state index contributed by atoms with van der Waals surface area (Å²) < 4.78 is 32.5. The van der Waals surface area contributed by atoms with Gasteiger partial charge in [-0.25, -0.2) is 0 Å². The van der Waals surface area contributed by atoms with E-state index in [2.05, 4.69) is 0 Å². The van der Waals surface area contributed by atoms with Crippen LogP contribution in [0.15, 0.2) is 22.9 Å².